The van der Waals surface area contributed by atoms with Crippen molar-refractivity contribution < 1.29 is 14.3 Å². The summed E-state index contributed by atoms with van der Waals surface area (Å²) in [4.78, 5) is 12.5. The van der Waals surface area contributed by atoms with Crippen LogP contribution in [0.2, 0.25) is 0 Å². The third kappa shape index (κ3) is 4.04. The number of ether oxygens (including phenoxy) is 2. The molecular weight excluding hydrogens is 340 g/mol. The first-order valence-electron chi connectivity index (χ1n) is 9.03. The minimum absolute atomic E-state index is 0. The summed E-state index contributed by atoms with van der Waals surface area (Å²) in [6, 6.07) is 6.08. The predicted octanol–water partition coefficient (Wildman–Crippen LogP) is 2.49. The van der Waals surface area contributed by atoms with Crippen LogP contribution in [-0.4, -0.2) is 38.8 Å². The van der Waals surface area contributed by atoms with E-state index in [0.717, 1.165) is 50.4 Å². The van der Waals surface area contributed by atoms with Crippen molar-refractivity contribution in [3.8, 4) is 11.5 Å². The van der Waals surface area contributed by atoms with E-state index in [9.17, 15) is 4.79 Å². The van der Waals surface area contributed by atoms with Gasteiger partial charge in [-0.15, -0.1) is 12.4 Å². The van der Waals surface area contributed by atoms with Gasteiger partial charge < -0.3 is 20.1 Å². The molecule has 0 bridgehead atoms. The molecule has 5 nitrogen and oxygen atoms in total. The van der Waals surface area contributed by atoms with Crippen molar-refractivity contribution in [2.75, 3.05) is 32.8 Å². The Balaban J connectivity index is 0.00000182. The maximum Gasteiger partial charge on any atom is 0.223 e. The lowest BCUT2D eigenvalue weighted by atomic mass is 9.81. The molecule has 4 rings (SSSR count). The van der Waals surface area contributed by atoms with Crippen LogP contribution in [0, 0.1) is 11.3 Å². The quantitative estimate of drug-likeness (QED) is 0.859. The molecule has 1 aromatic carbocycles. The summed E-state index contributed by atoms with van der Waals surface area (Å²) in [6.07, 6.45) is 3.19. The van der Waals surface area contributed by atoms with Crippen LogP contribution in [0.15, 0.2) is 18.2 Å². The fourth-order valence-corrected chi connectivity index (χ4v) is 3.78. The number of carbonyl (C=O) groups is 1. The first-order valence-corrected chi connectivity index (χ1v) is 9.03. The first kappa shape index (κ1) is 18.3. The minimum Gasteiger partial charge on any atom is -0.486 e. The molecule has 2 N–H and O–H groups in total. The summed E-state index contributed by atoms with van der Waals surface area (Å²) in [7, 11) is 0. The van der Waals surface area contributed by atoms with Crippen LogP contribution < -0.4 is 20.1 Å². The fourth-order valence-electron chi connectivity index (χ4n) is 3.78. The highest BCUT2D eigenvalue weighted by atomic mass is 35.5. The number of hydrogen-bond acceptors (Lipinski definition) is 4. The van der Waals surface area contributed by atoms with Gasteiger partial charge in [-0.2, -0.15) is 0 Å². The Hall–Kier alpha value is -1.46. The Morgan fingerprint density at radius 1 is 1.24 bits per heavy atom. The Labute approximate surface area is 155 Å². The zero-order valence-corrected chi connectivity index (χ0v) is 15.5. The summed E-state index contributed by atoms with van der Waals surface area (Å²) < 4.78 is 11.2. The van der Waals surface area contributed by atoms with Gasteiger partial charge in [-0.1, -0.05) is 13.0 Å². The molecule has 2 fully saturated rings. The van der Waals surface area contributed by atoms with E-state index in [2.05, 4.69) is 23.6 Å². The number of rotatable bonds is 4. The largest absolute Gasteiger partial charge is 0.486 e. The molecule has 0 spiro atoms. The normalized spacial score (nSPS) is 26.3. The maximum absolute atomic E-state index is 12.5. The summed E-state index contributed by atoms with van der Waals surface area (Å²) in [5, 5.41) is 6.58. The Morgan fingerprint density at radius 2 is 1.96 bits per heavy atom. The molecule has 6 heteroatoms. The van der Waals surface area contributed by atoms with Crippen molar-refractivity contribution in [2.45, 2.75) is 32.1 Å². The highest BCUT2D eigenvalue weighted by molar-refractivity contribution is 5.85. The zero-order chi connectivity index (χ0) is 16.6. The van der Waals surface area contributed by atoms with Crippen LogP contribution in [0.4, 0.5) is 0 Å². The van der Waals surface area contributed by atoms with E-state index in [1.165, 1.54) is 5.56 Å². The second kappa shape index (κ2) is 7.42. The Morgan fingerprint density at radius 3 is 2.72 bits per heavy atom. The first-order chi connectivity index (χ1) is 11.6. The van der Waals surface area contributed by atoms with Crippen molar-refractivity contribution in [3.63, 3.8) is 0 Å². The lowest BCUT2D eigenvalue weighted by molar-refractivity contribution is -0.123. The molecule has 1 saturated heterocycles. The molecule has 2 heterocycles. The lowest BCUT2D eigenvalue weighted by Gasteiger charge is -2.34. The molecule has 1 saturated carbocycles. The number of hydrogen-bond donors (Lipinski definition) is 2. The summed E-state index contributed by atoms with van der Waals surface area (Å²) in [5.41, 5.74) is 1.43. The third-order valence-electron chi connectivity index (χ3n) is 5.62. The van der Waals surface area contributed by atoms with Gasteiger partial charge in [-0.05, 0) is 61.4 Å². The summed E-state index contributed by atoms with van der Waals surface area (Å²) in [5.74, 6) is 2.26. The molecule has 0 aromatic heterocycles. The van der Waals surface area contributed by atoms with E-state index >= 15 is 0 Å². The third-order valence-corrected chi connectivity index (χ3v) is 5.62. The molecular formula is C19H27ClN2O3. The number of nitrogens with one attached hydrogen (secondary N) is 2. The van der Waals surface area contributed by atoms with Crippen molar-refractivity contribution in [1.82, 2.24) is 10.6 Å². The topological polar surface area (TPSA) is 59.6 Å². The lowest BCUT2D eigenvalue weighted by Crippen LogP contribution is -2.43. The van der Waals surface area contributed by atoms with E-state index in [1.807, 2.05) is 12.1 Å². The molecule has 0 radical (unpaired) electrons. The van der Waals surface area contributed by atoms with Crippen LogP contribution >= 0.6 is 12.4 Å². The Kier molecular flexibility index (Phi) is 5.44. The van der Waals surface area contributed by atoms with Gasteiger partial charge in [0.2, 0.25) is 5.91 Å². The van der Waals surface area contributed by atoms with Gasteiger partial charge in [0, 0.05) is 12.5 Å². The average molecular weight is 367 g/mol. The molecule has 2 unspecified atom stereocenters. The standard InChI is InChI=1S/C19H26N2O3.ClH/c1-19(4-6-20-7-5-19)12-21-18(22)15-11-14(15)13-2-3-16-17(10-13)24-9-8-23-16;/h2-3,10,14-15,20H,4-9,11-12H2,1H3,(H,21,22);1H. The predicted molar refractivity (Wildman–Crippen MR) is 98.7 cm³/mol. The van der Waals surface area contributed by atoms with Gasteiger partial charge in [-0.25, -0.2) is 0 Å². The summed E-state index contributed by atoms with van der Waals surface area (Å²) >= 11 is 0. The smallest absolute Gasteiger partial charge is 0.223 e. The van der Waals surface area contributed by atoms with Crippen molar-refractivity contribution in [2.24, 2.45) is 11.3 Å². The number of amides is 1. The van der Waals surface area contributed by atoms with E-state index in [4.69, 9.17) is 9.47 Å². The van der Waals surface area contributed by atoms with Gasteiger partial charge >= 0.3 is 0 Å². The van der Waals surface area contributed by atoms with Crippen molar-refractivity contribution in [3.05, 3.63) is 23.8 Å². The molecule has 1 aromatic rings. The van der Waals surface area contributed by atoms with E-state index in [1.54, 1.807) is 0 Å². The van der Waals surface area contributed by atoms with Crippen LogP contribution in [0.1, 0.15) is 37.7 Å². The highest BCUT2D eigenvalue weighted by Gasteiger charge is 2.44. The Bertz CT molecular complexity index is 631. The van der Waals surface area contributed by atoms with Crippen LogP contribution in [-0.2, 0) is 4.79 Å². The number of fused-ring (bicyclic) bond motifs is 1. The monoisotopic (exact) mass is 366 g/mol. The van der Waals surface area contributed by atoms with Gasteiger partial charge in [0.25, 0.3) is 0 Å². The average Bonchev–Trinajstić information content (AvgIpc) is 3.41. The maximum atomic E-state index is 12.5. The van der Waals surface area contributed by atoms with Crippen LogP contribution in [0.25, 0.3) is 0 Å². The molecule has 3 aliphatic rings. The number of carbonyl (C=O) groups excluding carboxylic acids is 1. The second-order valence-electron chi connectivity index (χ2n) is 7.63. The van der Waals surface area contributed by atoms with Crippen LogP contribution in [0.5, 0.6) is 11.5 Å². The minimum atomic E-state index is 0. The molecule has 138 valence electrons. The highest BCUT2D eigenvalue weighted by Crippen LogP contribution is 2.49. The van der Waals surface area contributed by atoms with Gasteiger partial charge in [-0.3, -0.25) is 4.79 Å². The molecule has 2 aliphatic heterocycles. The molecule has 2 atom stereocenters. The fraction of sp³-hybridized carbons (Fsp3) is 0.632. The van der Waals surface area contributed by atoms with E-state index in [-0.39, 0.29) is 29.6 Å². The SMILES string of the molecule is CC1(CNC(=O)C2CC2c2ccc3c(c2)OCCO3)CCNCC1.Cl. The molecule has 1 amide bonds. The molecule has 25 heavy (non-hydrogen) atoms. The van der Waals surface area contributed by atoms with Crippen molar-refractivity contribution >= 4 is 18.3 Å². The zero-order valence-electron chi connectivity index (χ0n) is 14.7. The van der Waals surface area contributed by atoms with Crippen LogP contribution in [0.3, 0.4) is 0 Å². The summed E-state index contributed by atoms with van der Waals surface area (Å²) in [6.45, 7) is 6.37. The van der Waals surface area contributed by atoms with Gasteiger partial charge in [0.05, 0.1) is 0 Å². The van der Waals surface area contributed by atoms with Gasteiger partial charge in [0.1, 0.15) is 13.2 Å². The van der Waals surface area contributed by atoms with Crippen molar-refractivity contribution in [1.29, 1.82) is 0 Å². The number of piperidine rings is 1. The number of halogens is 1. The van der Waals surface area contributed by atoms with Gasteiger partial charge in [0.15, 0.2) is 11.5 Å². The number of benzene rings is 1. The van der Waals surface area contributed by atoms with E-state index < -0.39 is 0 Å². The molecule has 1 aliphatic carbocycles. The second-order valence-corrected chi connectivity index (χ2v) is 7.63. The van der Waals surface area contributed by atoms with E-state index in [0.29, 0.717) is 19.1 Å².